The predicted molar refractivity (Wildman–Crippen MR) is 66.8 cm³/mol. The van der Waals surface area contributed by atoms with Gasteiger partial charge in [-0.3, -0.25) is 20.6 Å². The van der Waals surface area contributed by atoms with Gasteiger partial charge in [-0.1, -0.05) is 30.3 Å². The summed E-state index contributed by atoms with van der Waals surface area (Å²) in [5, 5.41) is 3.12. The maximum absolute atomic E-state index is 12.1. The Morgan fingerprint density at radius 1 is 1.30 bits per heavy atom. The maximum Gasteiger partial charge on any atom is 0.472 e. The minimum atomic E-state index is -4.93. The van der Waals surface area contributed by atoms with Crippen LogP contribution in [0.5, 0.6) is 0 Å². The lowest BCUT2D eigenvalue weighted by Gasteiger charge is -2.26. The van der Waals surface area contributed by atoms with Gasteiger partial charge in [-0.15, -0.1) is 0 Å². The van der Waals surface area contributed by atoms with Crippen LogP contribution in [0.3, 0.4) is 0 Å². The van der Waals surface area contributed by atoms with Crippen LogP contribution in [0.2, 0.25) is 0 Å². The first-order chi connectivity index (χ1) is 9.48. The lowest BCUT2D eigenvalue weighted by Crippen LogP contribution is -2.52. The average Bonchev–Trinajstić information content (AvgIpc) is 2.45. The van der Waals surface area contributed by atoms with Crippen molar-refractivity contribution in [3.63, 3.8) is 0 Å². The molecule has 8 heteroatoms. The molecule has 108 valence electrons. The second-order valence-electron chi connectivity index (χ2n) is 4.14. The van der Waals surface area contributed by atoms with E-state index in [1.807, 2.05) is 30.3 Å². The van der Waals surface area contributed by atoms with Crippen LogP contribution in [-0.2, 0) is 4.79 Å². The van der Waals surface area contributed by atoms with Crippen molar-refractivity contribution in [2.24, 2.45) is 4.99 Å². The molecule has 0 aliphatic carbocycles. The lowest BCUT2D eigenvalue weighted by molar-refractivity contribution is -0.174. The van der Waals surface area contributed by atoms with E-state index in [1.54, 1.807) is 5.43 Å². The van der Waals surface area contributed by atoms with Crippen molar-refractivity contribution < 1.29 is 18.0 Å². The van der Waals surface area contributed by atoms with Crippen LogP contribution in [0.4, 0.5) is 13.2 Å². The highest BCUT2D eigenvalue weighted by Crippen LogP contribution is 2.16. The number of amidine groups is 1. The van der Waals surface area contributed by atoms with Gasteiger partial charge in [-0.2, -0.15) is 13.2 Å². The second kappa shape index (κ2) is 5.91. The number of nitrogens with zero attached hydrogens (tertiary/aromatic N) is 1. The molecule has 1 heterocycles. The molecule has 20 heavy (non-hydrogen) atoms. The highest BCUT2D eigenvalue weighted by Gasteiger charge is 2.39. The van der Waals surface area contributed by atoms with Gasteiger partial charge in [-0.05, 0) is 5.56 Å². The largest absolute Gasteiger partial charge is 0.472 e. The monoisotopic (exact) mass is 286 g/mol. The van der Waals surface area contributed by atoms with E-state index in [-0.39, 0.29) is 11.9 Å². The van der Waals surface area contributed by atoms with Crippen molar-refractivity contribution in [3.8, 4) is 0 Å². The molecular weight excluding hydrogens is 273 g/mol. The van der Waals surface area contributed by atoms with Gasteiger partial charge in [0.05, 0.1) is 12.6 Å². The van der Waals surface area contributed by atoms with E-state index in [0.29, 0.717) is 13.1 Å². The van der Waals surface area contributed by atoms with Crippen LogP contribution in [-0.4, -0.2) is 31.0 Å². The molecule has 0 aromatic heterocycles. The fourth-order valence-corrected chi connectivity index (χ4v) is 1.80. The molecule has 0 saturated heterocycles. The third-order valence-corrected chi connectivity index (χ3v) is 2.71. The number of nitrogens with one attached hydrogen (secondary N) is 3. The van der Waals surface area contributed by atoms with Crippen molar-refractivity contribution in [3.05, 3.63) is 35.9 Å². The fraction of sp³-hybridized carbons (Fsp3) is 0.333. The number of alkyl halides is 3. The summed E-state index contributed by atoms with van der Waals surface area (Å²) < 4.78 is 36.3. The van der Waals surface area contributed by atoms with Gasteiger partial charge >= 0.3 is 12.1 Å². The zero-order valence-corrected chi connectivity index (χ0v) is 10.4. The third-order valence-electron chi connectivity index (χ3n) is 2.71. The normalized spacial score (nSPS) is 19.1. The van der Waals surface area contributed by atoms with E-state index >= 15 is 0 Å². The van der Waals surface area contributed by atoms with Crippen molar-refractivity contribution >= 4 is 11.7 Å². The first kappa shape index (κ1) is 14.3. The van der Waals surface area contributed by atoms with Crippen molar-refractivity contribution in [2.45, 2.75) is 12.2 Å². The molecule has 0 fully saturated rings. The molecule has 1 amide bonds. The van der Waals surface area contributed by atoms with E-state index in [2.05, 4.69) is 15.7 Å². The molecule has 3 N–H and O–H groups in total. The summed E-state index contributed by atoms with van der Waals surface area (Å²) >= 11 is 0. The van der Waals surface area contributed by atoms with E-state index in [0.717, 1.165) is 5.56 Å². The number of carbonyl (C=O) groups is 1. The minimum absolute atomic E-state index is 0.250. The van der Waals surface area contributed by atoms with Crippen LogP contribution >= 0.6 is 0 Å². The van der Waals surface area contributed by atoms with E-state index in [9.17, 15) is 18.0 Å². The van der Waals surface area contributed by atoms with E-state index in [1.165, 1.54) is 0 Å². The van der Waals surface area contributed by atoms with Gasteiger partial charge < -0.3 is 5.32 Å². The van der Waals surface area contributed by atoms with Crippen LogP contribution in [0, 0.1) is 0 Å². The van der Waals surface area contributed by atoms with Crippen LogP contribution in [0.15, 0.2) is 35.3 Å². The Kier molecular flexibility index (Phi) is 4.23. The smallest absolute Gasteiger partial charge is 0.302 e. The van der Waals surface area contributed by atoms with E-state index < -0.39 is 12.1 Å². The molecular formula is C12H13F3N4O. The maximum atomic E-state index is 12.1. The van der Waals surface area contributed by atoms with Gasteiger partial charge in [0, 0.05) is 6.54 Å². The number of hydrogen-bond donors (Lipinski definition) is 3. The Hall–Kier alpha value is -2.09. The summed E-state index contributed by atoms with van der Waals surface area (Å²) in [6, 6.07) is 8.74. The summed E-state index contributed by atoms with van der Waals surface area (Å²) in [6.45, 7) is 1.03. The molecule has 2 rings (SSSR count). The molecule has 0 spiro atoms. The van der Waals surface area contributed by atoms with Crippen LogP contribution in [0.25, 0.3) is 0 Å². The Bertz CT molecular complexity index is 501. The number of benzene rings is 1. The van der Waals surface area contributed by atoms with E-state index in [4.69, 9.17) is 0 Å². The Morgan fingerprint density at radius 2 is 2.00 bits per heavy atom. The quantitative estimate of drug-likeness (QED) is 0.672. The molecule has 5 nitrogen and oxygen atoms in total. The third kappa shape index (κ3) is 3.47. The SMILES string of the molecule is O=C(NNC1=NCCNC1c1ccccc1)C(F)(F)F. The van der Waals surface area contributed by atoms with Gasteiger partial charge in [0.25, 0.3) is 0 Å². The Balaban J connectivity index is 2.05. The minimum Gasteiger partial charge on any atom is -0.302 e. The zero-order valence-electron chi connectivity index (χ0n) is 10.4. The molecule has 1 atom stereocenters. The number of amides is 1. The number of hydrazine groups is 1. The van der Waals surface area contributed by atoms with Crippen molar-refractivity contribution in [2.75, 3.05) is 13.1 Å². The number of halogens is 3. The zero-order chi connectivity index (χ0) is 14.6. The number of carbonyl (C=O) groups excluding carboxylic acids is 1. The molecule has 1 aromatic carbocycles. The molecule has 0 saturated carbocycles. The first-order valence-electron chi connectivity index (χ1n) is 5.94. The number of hydrogen-bond acceptors (Lipinski definition) is 4. The second-order valence-corrected chi connectivity index (χ2v) is 4.14. The molecule has 0 bridgehead atoms. The first-order valence-corrected chi connectivity index (χ1v) is 5.94. The number of aliphatic imine (C=N–C) groups is 1. The average molecular weight is 286 g/mol. The lowest BCUT2D eigenvalue weighted by atomic mass is 10.1. The summed E-state index contributed by atoms with van der Waals surface area (Å²) in [4.78, 5) is 14.9. The number of rotatable bonds is 1. The van der Waals surface area contributed by atoms with Gasteiger partial charge in [0.15, 0.2) is 0 Å². The van der Waals surface area contributed by atoms with Gasteiger partial charge in [0.2, 0.25) is 0 Å². The summed E-state index contributed by atoms with van der Waals surface area (Å²) in [5.74, 6) is -1.81. The van der Waals surface area contributed by atoms with Gasteiger partial charge in [-0.25, -0.2) is 0 Å². The molecule has 0 radical (unpaired) electrons. The predicted octanol–water partition coefficient (Wildman–Crippen LogP) is 0.913. The van der Waals surface area contributed by atoms with Crippen molar-refractivity contribution in [1.29, 1.82) is 0 Å². The Morgan fingerprint density at radius 3 is 2.65 bits per heavy atom. The standard InChI is InChI=1S/C12H13F3N4O/c13-12(14,15)11(20)19-18-10-9(16-6-7-17-10)8-4-2-1-3-5-8/h1-5,9,16H,6-7H2,(H,17,18)(H,19,20). The summed E-state index contributed by atoms with van der Waals surface area (Å²) in [7, 11) is 0. The summed E-state index contributed by atoms with van der Waals surface area (Å²) in [5.41, 5.74) is 4.70. The molecule has 1 unspecified atom stereocenters. The fourth-order valence-electron chi connectivity index (χ4n) is 1.80. The highest BCUT2D eigenvalue weighted by molar-refractivity contribution is 5.91. The van der Waals surface area contributed by atoms with Crippen LogP contribution in [0.1, 0.15) is 11.6 Å². The Labute approximate surface area is 113 Å². The molecule has 1 aliphatic heterocycles. The molecule has 1 aromatic rings. The topological polar surface area (TPSA) is 65.5 Å². The molecule has 1 aliphatic rings. The van der Waals surface area contributed by atoms with Crippen molar-refractivity contribution in [1.82, 2.24) is 16.2 Å². The highest BCUT2D eigenvalue weighted by atomic mass is 19.4. The van der Waals surface area contributed by atoms with Gasteiger partial charge in [0.1, 0.15) is 5.84 Å². The summed E-state index contributed by atoms with van der Waals surface area (Å²) in [6.07, 6.45) is -4.93. The van der Waals surface area contributed by atoms with Crippen LogP contribution < -0.4 is 16.2 Å².